The lowest BCUT2D eigenvalue weighted by molar-refractivity contribution is 0.411. The average Bonchev–Trinajstić information content (AvgIpc) is 3.17. The number of nitrogens with one attached hydrogen (secondary N) is 1. The first-order valence-corrected chi connectivity index (χ1v) is 10.4. The van der Waals surface area contributed by atoms with Crippen LogP contribution in [-0.4, -0.2) is 35.7 Å². The van der Waals surface area contributed by atoms with E-state index in [2.05, 4.69) is 9.62 Å². The number of methoxy groups -OCH3 is 2. The van der Waals surface area contributed by atoms with Crippen molar-refractivity contribution in [2.24, 2.45) is 0 Å². The summed E-state index contributed by atoms with van der Waals surface area (Å²) in [6.45, 7) is 5.55. The first-order chi connectivity index (χ1) is 12.9. The number of sulfonamides is 1. The van der Waals surface area contributed by atoms with Crippen LogP contribution < -0.4 is 19.1 Å². The molecule has 0 bridgehead atoms. The van der Waals surface area contributed by atoms with Crippen molar-refractivity contribution in [2.45, 2.75) is 31.6 Å². The Morgan fingerprint density at radius 1 is 0.926 bits per heavy atom. The van der Waals surface area contributed by atoms with Crippen molar-refractivity contribution in [2.75, 3.05) is 36.9 Å². The molecular formula is C20H26N2O4S. The normalized spacial score (nSPS) is 14.3. The van der Waals surface area contributed by atoms with Gasteiger partial charge in [0.1, 0.15) is 11.5 Å². The molecule has 0 saturated carbocycles. The Bertz CT molecular complexity index is 935. The SMILES string of the molecule is COc1cc(C)c(S(=O)(=O)Nc2cc(N3CCCC3)ccc2OC)cc1C. The molecule has 3 rings (SSSR count). The van der Waals surface area contributed by atoms with E-state index in [0.29, 0.717) is 22.7 Å². The van der Waals surface area contributed by atoms with Crippen molar-refractivity contribution >= 4 is 21.4 Å². The Kier molecular flexibility index (Phi) is 5.51. The van der Waals surface area contributed by atoms with Gasteiger partial charge in [-0.15, -0.1) is 0 Å². The molecule has 6 nitrogen and oxygen atoms in total. The van der Waals surface area contributed by atoms with Gasteiger partial charge in [0.2, 0.25) is 0 Å². The predicted molar refractivity (Wildman–Crippen MR) is 108 cm³/mol. The fourth-order valence-corrected chi connectivity index (χ4v) is 4.79. The van der Waals surface area contributed by atoms with Crippen LogP contribution in [0.25, 0.3) is 0 Å². The second kappa shape index (κ2) is 7.68. The lowest BCUT2D eigenvalue weighted by Gasteiger charge is -2.20. The number of rotatable bonds is 6. The third-order valence-electron chi connectivity index (χ3n) is 4.88. The fourth-order valence-electron chi connectivity index (χ4n) is 3.42. The van der Waals surface area contributed by atoms with Crippen LogP contribution in [-0.2, 0) is 10.0 Å². The molecule has 2 aromatic rings. The highest BCUT2D eigenvalue weighted by molar-refractivity contribution is 7.92. The van der Waals surface area contributed by atoms with Crippen molar-refractivity contribution in [3.8, 4) is 11.5 Å². The van der Waals surface area contributed by atoms with E-state index in [9.17, 15) is 8.42 Å². The molecule has 1 heterocycles. The molecule has 146 valence electrons. The first-order valence-electron chi connectivity index (χ1n) is 8.97. The maximum absolute atomic E-state index is 13.1. The van der Waals surface area contributed by atoms with Gasteiger partial charge in [-0.3, -0.25) is 4.72 Å². The van der Waals surface area contributed by atoms with E-state index in [1.54, 1.807) is 32.2 Å². The largest absolute Gasteiger partial charge is 0.496 e. The zero-order chi connectivity index (χ0) is 19.6. The molecule has 27 heavy (non-hydrogen) atoms. The van der Waals surface area contributed by atoms with Crippen LogP contribution >= 0.6 is 0 Å². The summed E-state index contributed by atoms with van der Waals surface area (Å²) in [4.78, 5) is 2.48. The first kappa shape index (κ1) is 19.4. The van der Waals surface area contributed by atoms with E-state index in [0.717, 1.165) is 37.2 Å². The molecule has 2 aromatic carbocycles. The smallest absolute Gasteiger partial charge is 0.262 e. The molecule has 0 atom stereocenters. The average molecular weight is 391 g/mol. The van der Waals surface area contributed by atoms with E-state index >= 15 is 0 Å². The summed E-state index contributed by atoms with van der Waals surface area (Å²) >= 11 is 0. The molecule has 0 radical (unpaired) electrons. The number of hydrogen-bond acceptors (Lipinski definition) is 5. The maximum atomic E-state index is 13.1. The quantitative estimate of drug-likeness (QED) is 0.814. The van der Waals surface area contributed by atoms with Crippen LogP contribution in [0.2, 0.25) is 0 Å². The van der Waals surface area contributed by atoms with Crippen molar-refractivity contribution in [1.29, 1.82) is 0 Å². The molecule has 0 amide bonds. The van der Waals surface area contributed by atoms with Crippen LogP contribution in [0.5, 0.6) is 11.5 Å². The molecule has 0 spiro atoms. The van der Waals surface area contributed by atoms with E-state index in [1.165, 1.54) is 7.11 Å². The van der Waals surface area contributed by atoms with E-state index in [4.69, 9.17) is 9.47 Å². The second-order valence-electron chi connectivity index (χ2n) is 6.77. The number of nitrogens with zero attached hydrogens (tertiary/aromatic N) is 1. The minimum Gasteiger partial charge on any atom is -0.496 e. The highest BCUT2D eigenvalue weighted by Gasteiger charge is 2.22. The second-order valence-corrected chi connectivity index (χ2v) is 8.42. The van der Waals surface area contributed by atoms with E-state index in [-0.39, 0.29) is 4.90 Å². The Morgan fingerprint density at radius 3 is 2.22 bits per heavy atom. The van der Waals surface area contributed by atoms with Crippen LogP contribution in [0.3, 0.4) is 0 Å². The minimum absolute atomic E-state index is 0.231. The summed E-state index contributed by atoms with van der Waals surface area (Å²) in [5, 5.41) is 0. The molecular weight excluding hydrogens is 364 g/mol. The van der Waals surface area contributed by atoms with Crippen LogP contribution in [0.1, 0.15) is 24.0 Å². The maximum Gasteiger partial charge on any atom is 0.262 e. The third kappa shape index (κ3) is 3.98. The van der Waals surface area contributed by atoms with Gasteiger partial charge in [0.05, 0.1) is 24.8 Å². The summed E-state index contributed by atoms with van der Waals surface area (Å²) in [5.41, 5.74) is 2.82. The Labute approximate surface area is 161 Å². The monoisotopic (exact) mass is 390 g/mol. The topological polar surface area (TPSA) is 67.9 Å². The summed E-state index contributed by atoms with van der Waals surface area (Å²) in [6.07, 6.45) is 2.30. The van der Waals surface area contributed by atoms with Gasteiger partial charge >= 0.3 is 0 Å². The molecule has 0 aromatic heterocycles. The van der Waals surface area contributed by atoms with Gasteiger partial charge in [0, 0.05) is 18.8 Å². The van der Waals surface area contributed by atoms with Crippen molar-refractivity contribution < 1.29 is 17.9 Å². The van der Waals surface area contributed by atoms with Gasteiger partial charge in [-0.25, -0.2) is 8.42 Å². The summed E-state index contributed by atoms with van der Waals surface area (Å²) < 4.78 is 39.5. The summed E-state index contributed by atoms with van der Waals surface area (Å²) in [7, 11) is -0.663. The van der Waals surface area contributed by atoms with Gasteiger partial charge < -0.3 is 14.4 Å². The Hall–Kier alpha value is -2.41. The zero-order valence-electron chi connectivity index (χ0n) is 16.2. The Balaban J connectivity index is 1.98. The number of ether oxygens (including phenoxy) is 2. The highest BCUT2D eigenvalue weighted by Crippen LogP contribution is 2.34. The standard InChI is InChI=1S/C20H26N2O4S/c1-14-12-20(15(2)11-19(14)26-4)27(23,24)21-17-13-16(7-8-18(17)25-3)22-9-5-6-10-22/h7-8,11-13,21H,5-6,9-10H2,1-4H3. The van der Waals surface area contributed by atoms with E-state index in [1.807, 2.05) is 19.1 Å². The summed E-state index contributed by atoms with van der Waals surface area (Å²) in [6, 6.07) is 8.98. The number of aryl methyl sites for hydroxylation is 2. The van der Waals surface area contributed by atoms with Gasteiger partial charge in [0.15, 0.2) is 0 Å². The highest BCUT2D eigenvalue weighted by atomic mass is 32.2. The molecule has 0 unspecified atom stereocenters. The van der Waals surface area contributed by atoms with Gasteiger partial charge in [0.25, 0.3) is 10.0 Å². The predicted octanol–water partition coefficient (Wildman–Crippen LogP) is 3.72. The van der Waals surface area contributed by atoms with Crippen molar-refractivity contribution in [1.82, 2.24) is 0 Å². The lowest BCUT2D eigenvalue weighted by atomic mass is 10.1. The molecule has 1 N–H and O–H groups in total. The van der Waals surface area contributed by atoms with Crippen LogP contribution in [0.15, 0.2) is 35.2 Å². The summed E-state index contributed by atoms with van der Waals surface area (Å²) in [5.74, 6) is 1.16. The van der Waals surface area contributed by atoms with Crippen LogP contribution in [0.4, 0.5) is 11.4 Å². The fraction of sp³-hybridized carbons (Fsp3) is 0.400. The number of anilines is 2. The van der Waals surface area contributed by atoms with Crippen molar-refractivity contribution in [3.05, 3.63) is 41.5 Å². The number of benzene rings is 2. The van der Waals surface area contributed by atoms with Gasteiger partial charge in [-0.05, 0) is 68.1 Å². The third-order valence-corrected chi connectivity index (χ3v) is 6.39. The van der Waals surface area contributed by atoms with Crippen molar-refractivity contribution in [3.63, 3.8) is 0 Å². The molecule has 1 aliphatic rings. The number of hydrogen-bond donors (Lipinski definition) is 1. The van der Waals surface area contributed by atoms with Gasteiger partial charge in [-0.1, -0.05) is 0 Å². The molecule has 7 heteroatoms. The molecule has 0 aliphatic carbocycles. The molecule has 1 fully saturated rings. The lowest BCUT2D eigenvalue weighted by Crippen LogP contribution is -2.19. The molecule has 1 saturated heterocycles. The van der Waals surface area contributed by atoms with Crippen LogP contribution in [0, 0.1) is 13.8 Å². The Morgan fingerprint density at radius 2 is 1.59 bits per heavy atom. The molecule has 1 aliphatic heterocycles. The zero-order valence-corrected chi connectivity index (χ0v) is 17.0. The van der Waals surface area contributed by atoms with E-state index < -0.39 is 10.0 Å². The van der Waals surface area contributed by atoms with Gasteiger partial charge in [-0.2, -0.15) is 0 Å². The minimum atomic E-state index is -3.77.